The third kappa shape index (κ3) is 2.67. The Kier molecular flexibility index (Phi) is 3.85. The molecule has 3 aromatic rings. The molecular formula is C25H21NO3. The van der Waals surface area contributed by atoms with Crippen molar-refractivity contribution in [3.63, 3.8) is 0 Å². The van der Waals surface area contributed by atoms with Gasteiger partial charge >= 0.3 is 5.97 Å². The molecule has 5 rings (SSSR count). The van der Waals surface area contributed by atoms with Crippen LogP contribution in [0.5, 0.6) is 0 Å². The first kappa shape index (κ1) is 17.7. The minimum Gasteiger partial charge on any atom is -0.478 e. The number of anilines is 1. The SMILES string of the molecule is Cc1ccc([C@@H]2C[C@@]23C(=O)N(Cc2cccc(C(=O)O)c2)c2ccccc23)cc1. The van der Waals surface area contributed by atoms with E-state index in [9.17, 15) is 14.7 Å². The number of para-hydroxylation sites is 1. The summed E-state index contributed by atoms with van der Waals surface area (Å²) in [5, 5.41) is 9.27. The van der Waals surface area contributed by atoms with Crippen molar-refractivity contribution >= 4 is 17.6 Å². The Labute approximate surface area is 169 Å². The predicted octanol–water partition coefficient (Wildman–Crippen LogP) is 4.67. The van der Waals surface area contributed by atoms with Crippen LogP contribution in [0.25, 0.3) is 0 Å². The number of fused-ring (bicyclic) bond motifs is 2. The summed E-state index contributed by atoms with van der Waals surface area (Å²) in [5.74, 6) is -0.657. The van der Waals surface area contributed by atoms with Crippen molar-refractivity contribution in [1.29, 1.82) is 0 Å². The zero-order chi connectivity index (χ0) is 20.2. The van der Waals surface area contributed by atoms with Gasteiger partial charge < -0.3 is 10.0 Å². The van der Waals surface area contributed by atoms with E-state index in [4.69, 9.17) is 0 Å². The monoisotopic (exact) mass is 383 g/mol. The molecule has 29 heavy (non-hydrogen) atoms. The maximum absolute atomic E-state index is 13.6. The lowest BCUT2D eigenvalue weighted by molar-refractivity contribution is -0.120. The van der Waals surface area contributed by atoms with Gasteiger partial charge in [-0.3, -0.25) is 4.79 Å². The van der Waals surface area contributed by atoms with E-state index in [-0.39, 0.29) is 17.4 Å². The van der Waals surface area contributed by atoms with Gasteiger partial charge in [0.2, 0.25) is 5.91 Å². The molecule has 1 spiro atoms. The van der Waals surface area contributed by atoms with Crippen molar-refractivity contribution in [2.45, 2.75) is 31.2 Å². The minimum absolute atomic E-state index is 0.116. The van der Waals surface area contributed by atoms with Crippen LogP contribution in [0, 0.1) is 6.92 Å². The molecule has 0 bridgehead atoms. The number of hydrogen-bond acceptors (Lipinski definition) is 2. The third-order valence-corrected chi connectivity index (χ3v) is 6.26. The molecule has 1 amide bonds. The van der Waals surface area contributed by atoms with Crippen LogP contribution in [-0.4, -0.2) is 17.0 Å². The minimum atomic E-state index is -0.960. The fraction of sp³-hybridized carbons (Fsp3) is 0.200. The average Bonchev–Trinajstić information content (AvgIpc) is 3.44. The summed E-state index contributed by atoms with van der Waals surface area (Å²) in [7, 11) is 0. The Morgan fingerprint density at radius 3 is 2.59 bits per heavy atom. The van der Waals surface area contributed by atoms with E-state index in [0.717, 1.165) is 23.2 Å². The summed E-state index contributed by atoms with van der Waals surface area (Å²) >= 11 is 0. The zero-order valence-electron chi connectivity index (χ0n) is 16.1. The molecule has 1 N–H and O–H groups in total. The number of carboxylic acids is 1. The lowest BCUT2D eigenvalue weighted by Gasteiger charge is -2.19. The number of carboxylic acid groups (broad SMARTS) is 1. The van der Waals surface area contributed by atoms with Crippen LogP contribution in [0.1, 0.15) is 45.0 Å². The number of rotatable bonds is 4. The van der Waals surface area contributed by atoms with Gasteiger partial charge in [-0.15, -0.1) is 0 Å². The van der Waals surface area contributed by atoms with Crippen LogP contribution >= 0.6 is 0 Å². The van der Waals surface area contributed by atoms with Gasteiger partial charge in [-0.1, -0.05) is 60.2 Å². The van der Waals surface area contributed by atoms with Gasteiger partial charge in [0.05, 0.1) is 17.5 Å². The second-order valence-corrected chi connectivity index (χ2v) is 8.05. The molecule has 4 heteroatoms. The van der Waals surface area contributed by atoms with Gasteiger partial charge in [0.1, 0.15) is 0 Å². The smallest absolute Gasteiger partial charge is 0.335 e. The average molecular weight is 383 g/mol. The molecule has 1 fully saturated rings. The lowest BCUT2D eigenvalue weighted by Crippen LogP contribution is -2.32. The maximum Gasteiger partial charge on any atom is 0.335 e. The molecule has 1 aliphatic heterocycles. The van der Waals surface area contributed by atoms with Gasteiger partial charge in [-0.25, -0.2) is 4.79 Å². The Balaban J connectivity index is 1.51. The number of benzene rings is 3. The Morgan fingerprint density at radius 2 is 1.83 bits per heavy atom. The quantitative estimate of drug-likeness (QED) is 0.713. The summed E-state index contributed by atoms with van der Waals surface area (Å²) in [4.78, 5) is 26.8. The molecule has 4 nitrogen and oxygen atoms in total. The van der Waals surface area contributed by atoms with Gasteiger partial charge in [0.25, 0.3) is 0 Å². The second kappa shape index (κ2) is 6.31. The van der Waals surface area contributed by atoms with Crippen molar-refractivity contribution in [3.05, 3.63) is 101 Å². The van der Waals surface area contributed by atoms with Gasteiger partial charge in [0.15, 0.2) is 0 Å². The van der Waals surface area contributed by atoms with Crippen molar-refractivity contribution < 1.29 is 14.7 Å². The molecule has 0 radical (unpaired) electrons. The number of aryl methyl sites for hydroxylation is 1. The van der Waals surface area contributed by atoms with E-state index in [2.05, 4.69) is 37.3 Å². The standard InChI is InChI=1S/C25H21NO3/c1-16-9-11-18(12-10-16)21-14-25(21)20-7-2-3-8-22(20)26(24(25)29)15-17-5-4-6-19(13-17)23(27)28/h2-13,21H,14-15H2,1H3,(H,27,28)/t21-,25-/m0/s1. The molecule has 0 saturated heterocycles. The first-order valence-corrected chi connectivity index (χ1v) is 9.81. The van der Waals surface area contributed by atoms with E-state index < -0.39 is 11.4 Å². The molecule has 1 saturated carbocycles. The predicted molar refractivity (Wildman–Crippen MR) is 111 cm³/mol. The van der Waals surface area contributed by atoms with E-state index >= 15 is 0 Å². The van der Waals surface area contributed by atoms with Crippen molar-refractivity contribution in [2.75, 3.05) is 4.90 Å². The molecule has 2 atom stereocenters. The van der Waals surface area contributed by atoms with Crippen molar-refractivity contribution in [2.24, 2.45) is 0 Å². The van der Waals surface area contributed by atoms with Crippen molar-refractivity contribution in [1.82, 2.24) is 0 Å². The van der Waals surface area contributed by atoms with Gasteiger partial charge in [0, 0.05) is 11.6 Å². The number of amides is 1. The maximum atomic E-state index is 13.6. The second-order valence-electron chi connectivity index (χ2n) is 8.05. The van der Waals surface area contributed by atoms with E-state index in [1.807, 2.05) is 29.2 Å². The third-order valence-electron chi connectivity index (χ3n) is 6.26. The molecule has 3 aromatic carbocycles. The number of nitrogens with zero attached hydrogens (tertiary/aromatic N) is 1. The summed E-state index contributed by atoms with van der Waals surface area (Å²) in [6.45, 7) is 2.44. The highest BCUT2D eigenvalue weighted by Crippen LogP contribution is 2.66. The van der Waals surface area contributed by atoms with E-state index in [0.29, 0.717) is 6.54 Å². The molecular weight excluding hydrogens is 362 g/mol. The first-order chi connectivity index (χ1) is 14.0. The molecule has 0 unspecified atom stereocenters. The Bertz CT molecular complexity index is 1130. The summed E-state index contributed by atoms with van der Waals surface area (Å²) in [6, 6.07) is 23.3. The number of carbonyl (C=O) groups excluding carboxylic acids is 1. The largest absolute Gasteiger partial charge is 0.478 e. The Morgan fingerprint density at radius 1 is 1.07 bits per heavy atom. The summed E-state index contributed by atoms with van der Waals surface area (Å²) in [5.41, 5.74) is 5.00. The first-order valence-electron chi connectivity index (χ1n) is 9.81. The highest BCUT2D eigenvalue weighted by molar-refractivity contribution is 6.11. The number of hydrogen-bond donors (Lipinski definition) is 1. The molecule has 1 aliphatic carbocycles. The van der Waals surface area contributed by atoms with Crippen LogP contribution in [0.3, 0.4) is 0 Å². The van der Waals surface area contributed by atoms with E-state index in [1.165, 1.54) is 11.1 Å². The molecule has 144 valence electrons. The molecule has 0 aromatic heterocycles. The highest BCUT2D eigenvalue weighted by Gasteiger charge is 2.66. The highest BCUT2D eigenvalue weighted by atomic mass is 16.4. The topological polar surface area (TPSA) is 57.6 Å². The van der Waals surface area contributed by atoms with Crippen molar-refractivity contribution in [3.8, 4) is 0 Å². The fourth-order valence-electron chi connectivity index (χ4n) is 4.69. The normalized spacial score (nSPS) is 22.0. The number of carbonyl (C=O) groups is 2. The zero-order valence-corrected chi connectivity index (χ0v) is 16.1. The van der Waals surface area contributed by atoms with Crippen LogP contribution in [-0.2, 0) is 16.8 Å². The summed E-state index contributed by atoms with van der Waals surface area (Å²) < 4.78 is 0. The van der Waals surface area contributed by atoms with Gasteiger partial charge in [-0.05, 0) is 48.2 Å². The van der Waals surface area contributed by atoms with Gasteiger partial charge in [-0.2, -0.15) is 0 Å². The molecule has 2 aliphatic rings. The van der Waals surface area contributed by atoms with Crippen LogP contribution < -0.4 is 4.90 Å². The van der Waals surface area contributed by atoms with Crippen LogP contribution in [0.2, 0.25) is 0 Å². The fourth-order valence-corrected chi connectivity index (χ4v) is 4.69. The number of aromatic carboxylic acids is 1. The Hall–Kier alpha value is -3.40. The lowest BCUT2D eigenvalue weighted by atomic mass is 9.92. The molecule has 1 heterocycles. The van der Waals surface area contributed by atoms with E-state index in [1.54, 1.807) is 18.2 Å². The van der Waals surface area contributed by atoms with Crippen LogP contribution in [0.4, 0.5) is 5.69 Å². The van der Waals surface area contributed by atoms with Crippen LogP contribution in [0.15, 0.2) is 72.8 Å². The summed E-state index contributed by atoms with van der Waals surface area (Å²) in [6.07, 6.45) is 0.817.